The maximum absolute atomic E-state index is 12.9. The van der Waals surface area contributed by atoms with Crippen LogP contribution in [0.2, 0.25) is 0 Å². The van der Waals surface area contributed by atoms with Crippen LogP contribution < -0.4 is 10.2 Å². The summed E-state index contributed by atoms with van der Waals surface area (Å²) in [6.45, 7) is 2.77. The summed E-state index contributed by atoms with van der Waals surface area (Å²) in [6.07, 6.45) is 3.01. The van der Waals surface area contributed by atoms with Gasteiger partial charge in [-0.05, 0) is 25.0 Å². The molecule has 8 nitrogen and oxygen atoms in total. The van der Waals surface area contributed by atoms with Crippen molar-refractivity contribution in [1.82, 2.24) is 15.5 Å². The Balaban J connectivity index is 1.48. The van der Waals surface area contributed by atoms with E-state index in [1.165, 1.54) is 0 Å². The van der Waals surface area contributed by atoms with Crippen LogP contribution in [-0.4, -0.2) is 56.1 Å². The summed E-state index contributed by atoms with van der Waals surface area (Å²) in [7, 11) is 1.90. The molecule has 1 aromatic heterocycles. The number of aromatic nitrogens is 2. The maximum Gasteiger partial charge on any atom is 0.252 e. The largest absolute Gasteiger partial charge is 0.381 e. The number of nitrogens with zero attached hydrogens (tertiary/aromatic N) is 3. The van der Waals surface area contributed by atoms with Crippen molar-refractivity contribution in [1.29, 1.82) is 0 Å². The fourth-order valence-electron chi connectivity index (χ4n) is 3.96. The molecule has 1 N–H and O–H groups in total. The van der Waals surface area contributed by atoms with Crippen molar-refractivity contribution in [2.45, 2.75) is 37.1 Å². The number of anilines is 1. The van der Waals surface area contributed by atoms with E-state index in [4.69, 9.17) is 19.0 Å². The van der Waals surface area contributed by atoms with Crippen molar-refractivity contribution >= 4 is 11.6 Å². The molecule has 2 saturated heterocycles. The summed E-state index contributed by atoms with van der Waals surface area (Å²) in [6, 6.07) is 9.84. The van der Waals surface area contributed by atoms with Crippen molar-refractivity contribution in [2.75, 3.05) is 44.9 Å². The number of likely N-dealkylation sites (N-methyl/N-ethyl adjacent to an activating group) is 1. The van der Waals surface area contributed by atoms with Gasteiger partial charge in [-0.2, -0.15) is 4.98 Å². The molecular formula is C21H28N4O4. The topological polar surface area (TPSA) is 89.7 Å². The van der Waals surface area contributed by atoms with E-state index in [1.807, 2.05) is 42.3 Å². The van der Waals surface area contributed by atoms with Gasteiger partial charge in [0.2, 0.25) is 5.91 Å². The smallest absolute Gasteiger partial charge is 0.252 e. The highest BCUT2D eigenvalue weighted by molar-refractivity contribution is 5.82. The van der Waals surface area contributed by atoms with E-state index in [-0.39, 0.29) is 18.4 Å². The summed E-state index contributed by atoms with van der Waals surface area (Å²) >= 11 is 0. The van der Waals surface area contributed by atoms with Crippen LogP contribution in [0.5, 0.6) is 0 Å². The minimum atomic E-state index is -0.677. The zero-order valence-electron chi connectivity index (χ0n) is 16.8. The van der Waals surface area contributed by atoms with Crippen LogP contribution >= 0.6 is 0 Å². The summed E-state index contributed by atoms with van der Waals surface area (Å²) < 4.78 is 16.6. The highest BCUT2D eigenvalue weighted by Crippen LogP contribution is 2.33. The van der Waals surface area contributed by atoms with Crippen molar-refractivity contribution in [3.63, 3.8) is 0 Å². The zero-order valence-corrected chi connectivity index (χ0v) is 16.8. The first-order valence-corrected chi connectivity index (χ1v) is 10.2. The number of ether oxygens (including phenoxy) is 2. The number of para-hydroxylation sites is 1. The average molecular weight is 400 g/mol. The molecule has 8 heteroatoms. The number of carbonyl (C=O) groups is 1. The monoisotopic (exact) mass is 400 g/mol. The van der Waals surface area contributed by atoms with E-state index in [1.54, 1.807) is 0 Å². The van der Waals surface area contributed by atoms with E-state index in [9.17, 15) is 4.79 Å². The van der Waals surface area contributed by atoms with Gasteiger partial charge in [-0.3, -0.25) is 4.79 Å². The van der Waals surface area contributed by atoms with Crippen molar-refractivity contribution in [2.24, 2.45) is 0 Å². The molecule has 2 aliphatic rings. The lowest BCUT2D eigenvalue weighted by Crippen LogP contribution is -2.52. The molecule has 29 heavy (non-hydrogen) atoms. The highest BCUT2D eigenvalue weighted by atomic mass is 16.5. The van der Waals surface area contributed by atoms with Gasteiger partial charge in [-0.25, -0.2) is 0 Å². The van der Waals surface area contributed by atoms with Crippen LogP contribution in [0.4, 0.5) is 5.69 Å². The van der Waals surface area contributed by atoms with Crippen molar-refractivity contribution < 1.29 is 18.8 Å². The number of carbonyl (C=O) groups excluding carboxylic acids is 1. The van der Waals surface area contributed by atoms with Crippen LogP contribution in [-0.2, 0) is 19.8 Å². The van der Waals surface area contributed by atoms with E-state index in [0.29, 0.717) is 37.8 Å². The molecule has 2 aliphatic heterocycles. The lowest BCUT2D eigenvalue weighted by atomic mass is 9.89. The average Bonchev–Trinajstić information content (AvgIpc) is 3.27. The second-order valence-corrected chi connectivity index (χ2v) is 7.78. The third kappa shape index (κ3) is 4.59. The molecule has 2 aromatic rings. The van der Waals surface area contributed by atoms with E-state index in [0.717, 1.165) is 31.7 Å². The van der Waals surface area contributed by atoms with Gasteiger partial charge in [0.1, 0.15) is 5.54 Å². The van der Waals surface area contributed by atoms with Crippen LogP contribution in [0.25, 0.3) is 0 Å². The summed E-state index contributed by atoms with van der Waals surface area (Å²) in [4.78, 5) is 19.5. The Morgan fingerprint density at radius 2 is 1.83 bits per heavy atom. The molecule has 3 heterocycles. The van der Waals surface area contributed by atoms with Crippen LogP contribution in [0.15, 0.2) is 34.9 Å². The number of hydrogen-bond donors (Lipinski definition) is 1. The minimum Gasteiger partial charge on any atom is -0.381 e. The molecule has 0 unspecified atom stereocenters. The Kier molecular flexibility index (Phi) is 6.10. The molecule has 0 aliphatic carbocycles. The molecule has 0 radical (unpaired) electrons. The number of benzene rings is 1. The molecule has 0 bridgehead atoms. The van der Waals surface area contributed by atoms with Gasteiger partial charge in [0.25, 0.3) is 5.89 Å². The highest BCUT2D eigenvalue weighted by Gasteiger charge is 2.42. The minimum absolute atomic E-state index is 0.0796. The molecule has 1 amide bonds. The van der Waals surface area contributed by atoms with Crippen molar-refractivity contribution in [3.05, 3.63) is 42.0 Å². The third-order valence-electron chi connectivity index (χ3n) is 5.74. The Morgan fingerprint density at radius 1 is 1.14 bits per heavy atom. The Morgan fingerprint density at radius 3 is 2.55 bits per heavy atom. The Bertz CT molecular complexity index is 798. The number of amides is 1. The first kappa shape index (κ1) is 19.8. The quantitative estimate of drug-likeness (QED) is 0.795. The lowest BCUT2D eigenvalue weighted by molar-refractivity contribution is -0.123. The van der Waals surface area contributed by atoms with Gasteiger partial charge in [-0.1, -0.05) is 23.4 Å². The SMILES string of the molecule is CN(CC(=O)NC1(c2nc(C3CCOCC3)no2)CCOCC1)c1ccccc1. The van der Waals surface area contributed by atoms with Gasteiger partial charge in [0.15, 0.2) is 5.82 Å². The number of rotatable bonds is 6. The second kappa shape index (κ2) is 8.92. The number of nitrogens with one attached hydrogen (secondary N) is 1. The molecular weight excluding hydrogens is 372 g/mol. The molecule has 0 saturated carbocycles. The van der Waals surface area contributed by atoms with Crippen LogP contribution in [0.1, 0.15) is 43.3 Å². The van der Waals surface area contributed by atoms with Crippen LogP contribution in [0, 0.1) is 0 Å². The molecule has 1 aromatic carbocycles. The maximum atomic E-state index is 12.9. The molecule has 2 fully saturated rings. The van der Waals surface area contributed by atoms with Gasteiger partial charge in [-0.15, -0.1) is 0 Å². The molecule has 0 atom stereocenters. The predicted octanol–water partition coefficient (Wildman–Crippen LogP) is 2.22. The zero-order chi connectivity index (χ0) is 20.1. The van der Waals surface area contributed by atoms with Gasteiger partial charge >= 0.3 is 0 Å². The van der Waals surface area contributed by atoms with Crippen molar-refractivity contribution in [3.8, 4) is 0 Å². The first-order chi connectivity index (χ1) is 14.2. The second-order valence-electron chi connectivity index (χ2n) is 7.78. The molecule has 156 valence electrons. The molecule has 0 spiro atoms. The Labute approximate surface area is 170 Å². The Hall–Kier alpha value is -2.45. The van der Waals surface area contributed by atoms with Gasteiger partial charge in [0.05, 0.1) is 6.54 Å². The normalized spacial score (nSPS) is 19.6. The summed E-state index contributed by atoms with van der Waals surface area (Å²) in [5.74, 6) is 1.37. The first-order valence-electron chi connectivity index (χ1n) is 10.2. The van der Waals surface area contributed by atoms with E-state index in [2.05, 4.69) is 10.5 Å². The summed E-state index contributed by atoms with van der Waals surface area (Å²) in [5.41, 5.74) is 0.312. The standard InChI is InChI=1S/C21H28N4O4/c1-25(17-5-3-2-4-6-17)15-18(26)23-21(9-13-28-14-10-21)20-22-19(24-29-20)16-7-11-27-12-8-16/h2-6,16H,7-15H2,1H3,(H,23,26). The third-order valence-corrected chi connectivity index (χ3v) is 5.74. The van der Waals surface area contributed by atoms with Gasteiger partial charge < -0.3 is 24.2 Å². The summed E-state index contributed by atoms with van der Waals surface area (Å²) in [5, 5.41) is 7.42. The lowest BCUT2D eigenvalue weighted by Gasteiger charge is -2.35. The number of hydrogen-bond acceptors (Lipinski definition) is 7. The van der Waals surface area contributed by atoms with E-state index < -0.39 is 5.54 Å². The fraction of sp³-hybridized carbons (Fsp3) is 0.571. The molecule has 4 rings (SSSR count). The predicted molar refractivity (Wildman–Crippen MR) is 107 cm³/mol. The van der Waals surface area contributed by atoms with E-state index >= 15 is 0 Å². The van der Waals surface area contributed by atoms with Gasteiger partial charge in [0, 0.05) is 57.9 Å². The fourth-order valence-corrected chi connectivity index (χ4v) is 3.96. The van der Waals surface area contributed by atoms with Crippen LogP contribution in [0.3, 0.4) is 0 Å².